The Morgan fingerprint density at radius 1 is 1.15 bits per heavy atom. The molecular weight excluding hydrogens is 292 g/mol. The van der Waals surface area contributed by atoms with E-state index in [-0.39, 0.29) is 11.8 Å². The summed E-state index contributed by atoms with van der Waals surface area (Å²) in [5.74, 6) is 1.39. The highest BCUT2D eigenvalue weighted by atomic mass is 32.2. The molecule has 0 spiro atoms. The Bertz CT molecular complexity index is 347. The Balaban J connectivity index is 2.15. The van der Waals surface area contributed by atoms with Crippen LogP contribution in [0, 0.1) is 0 Å². The normalized spacial score (nSPS) is 23.3. The third-order valence-electron chi connectivity index (χ3n) is 3.58. The molecule has 6 heteroatoms. The summed E-state index contributed by atoms with van der Waals surface area (Å²) in [4.78, 5) is 0. The third-order valence-corrected chi connectivity index (χ3v) is 6.33. The van der Waals surface area contributed by atoms with Gasteiger partial charge in [0, 0.05) is 11.3 Å². The van der Waals surface area contributed by atoms with Crippen molar-refractivity contribution in [3.8, 4) is 0 Å². The van der Waals surface area contributed by atoms with Crippen molar-refractivity contribution < 1.29 is 8.42 Å². The minimum atomic E-state index is -3.08. The Labute approximate surface area is 128 Å². The zero-order chi connectivity index (χ0) is 14.8. The first-order chi connectivity index (χ1) is 9.57. The molecule has 1 saturated carbocycles. The molecular formula is C14H30N2O2S2. The standard InChI is InChI=1S/C14H30N2O2S2/c1-3-9-15-10-5-6-11-20(17,18)16-13-7-8-14(12-13)19-4-2/h13-16H,3-12H2,1-2H3. The van der Waals surface area contributed by atoms with Crippen LogP contribution in [-0.2, 0) is 10.0 Å². The van der Waals surface area contributed by atoms with Crippen molar-refractivity contribution >= 4 is 21.8 Å². The summed E-state index contributed by atoms with van der Waals surface area (Å²) in [6.45, 7) is 6.23. The van der Waals surface area contributed by atoms with Crippen LogP contribution in [0.25, 0.3) is 0 Å². The molecule has 1 fully saturated rings. The van der Waals surface area contributed by atoms with E-state index in [2.05, 4.69) is 23.9 Å². The monoisotopic (exact) mass is 322 g/mol. The van der Waals surface area contributed by atoms with Gasteiger partial charge < -0.3 is 5.32 Å². The van der Waals surface area contributed by atoms with Crippen LogP contribution in [0.2, 0.25) is 0 Å². The van der Waals surface area contributed by atoms with Crippen LogP contribution >= 0.6 is 11.8 Å². The minimum absolute atomic E-state index is 0.169. The lowest BCUT2D eigenvalue weighted by molar-refractivity contribution is 0.547. The number of hydrogen-bond acceptors (Lipinski definition) is 4. The van der Waals surface area contributed by atoms with Gasteiger partial charge in [-0.3, -0.25) is 0 Å². The summed E-state index contributed by atoms with van der Waals surface area (Å²) in [5, 5.41) is 3.94. The van der Waals surface area contributed by atoms with Gasteiger partial charge in [-0.05, 0) is 57.4 Å². The molecule has 0 aromatic carbocycles. The van der Waals surface area contributed by atoms with Crippen molar-refractivity contribution in [2.75, 3.05) is 24.6 Å². The zero-order valence-electron chi connectivity index (χ0n) is 12.9. The lowest BCUT2D eigenvalue weighted by Crippen LogP contribution is -2.35. The van der Waals surface area contributed by atoms with E-state index in [1.807, 2.05) is 11.8 Å². The van der Waals surface area contributed by atoms with Gasteiger partial charge in [-0.15, -0.1) is 0 Å². The summed E-state index contributed by atoms with van der Waals surface area (Å²) in [6, 6.07) is 0.169. The molecule has 2 unspecified atom stereocenters. The molecule has 1 aliphatic rings. The van der Waals surface area contributed by atoms with Crippen molar-refractivity contribution in [2.45, 2.75) is 63.7 Å². The first-order valence-electron chi connectivity index (χ1n) is 7.89. The molecule has 1 rings (SSSR count). The van der Waals surface area contributed by atoms with E-state index in [9.17, 15) is 8.42 Å². The number of nitrogens with one attached hydrogen (secondary N) is 2. The molecule has 0 aliphatic heterocycles. The maximum absolute atomic E-state index is 12.0. The Kier molecular flexibility index (Phi) is 9.16. The van der Waals surface area contributed by atoms with Crippen LogP contribution < -0.4 is 10.0 Å². The van der Waals surface area contributed by atoms with Gasteiger partial charge >= 0.3 is 0 Å². The summed E-state index contributed by atoms with van der Waals surface area (Å²) < 4.78 is 26.9. The Morgan fingerprint density at radius 3 is 2.65 bits per heavy atom. The molecule has 0 aromatic heterocycles. The fourth-order valence-electron chi connectivity index (χ4n) is 2.59. The number of sulfonamides is 1. The number of hydrogen-bond donors (Lipinski definition) is 2. The summed E-state index contributed by atoms with van der Waals surface area (Å²) >= 11 is 1.95. The van der Waals surface area contributed by atoms with E-state index in [0.717, 1.165) is 57.4 Å². The van der Waals surface area contributed by atoms with Crippen LogP contribution in [0.3, 0.4) is 0 Å². The fourth-order valence-corrected chi connectivity index (χ4v) is 5.16. The predicted molar refractivity (Wildman–Crippen MR) is 88.9 cm³/mol. The number of thioether (sulfide) groups is 1. The largest absolute Gasteiger partial charge is 0.317 e. The second-order valence-electron chi connectivity index (χ2n) is 5.48. The van der Waals surface area contributed by atoms with E-state index >= 15 is 0 Å². The molecule has 120 valence electrons. The fraction of sp³-hybridized carbons (Fsp3) is 1.00. The highest BCUT2D eigenvalue weighted by Crippen LogP contribution is 2.30. The summed E-state index contributed by atoms with van der Waals surface area (Å²) in [5.41, 5.74) is 0. The van der Waals surface area contributed by atoms with Crippen molar-refractivity contribution in [2.24, 2.45) is 0 Å². The average molecular weight is 323 g/mol. The SMILES string of the molecule is CCCNCCCCS(=O)(=O)NC1CCC(SCC)C1. The Morgan fingerprint density at radius 2 is 1.95 bits per heavy atom. The van der Waals surface area contributed by atoms with E-state index in [4.69, 9.17) is 0 Å². The third kappa shape index (κ3) is 7.86. The predicted octanol–water partition coefficient (Wildman–Crippen LogP) is 2.36. The maximum atomic E-state index is 12.0. The Hall–Kier alpha value is 0.220. The van der Waals surface area contributed by atoms with E-state index < -0.39 is 10.0 Å². The van der Waals surface area contributed by atoms with E-state index in [0.29, 0.717) is 5.25 Å². The molecule has 0 heterocycles. The van der Waals surface area contributed by atoms with Crippen LogP contribution in [-0.4, -0.2) is 44.3 Å². The van der Waals surface area contributed by atoms with Crippen LogP contribution in [0.5, 0.6) is 0 Å². The first kappa shape index (κ1) is 18.3. The van der Waals surface area contributed by atoms with Gasteiger partial charge in [0.05, 0.1) is 5.75 Å². The molecule has 0 aromatic rings. The maximum Gasteiger partial charge on any atom is 0.211 e. The first-order valence-corrected chi connectivity index (χ1v) is 10.6. The highest BCUT2D eigenvalue weighted by molar-refractivity contribution is 7.99. The zero-order valence-corrected chi connectivity index (χ0v) is 14.5. The van der Waals surface area contributed by atoms with Gasteiger partial charge in [0.2, 0.25) is 10.0 Å². The van der Waals surface area contributed by atoms with Gasteiger partial charge in [-0.2, -0.15) is 11.8 Å². The highest BCUT2D eigenvalue weighted by Gasteiger charge is 2.27. The van der Waals surface area contributed by atoms with Gasteiger partial charge in [0.15, 0.2) is 0 Å². The second kappa shape index (κ2) is 10.0. The molecule has 1 aliphatic carbocycles. The molecule has 0 bridgehead atoms. The second-order valence-corrected chi connectivity index (χ2v) is 8.93. The molecule has 20 heavy (non-hydrogen) atoms. The minimum Gasteiger partial charge on any atom is -0.317 e. The van der Waals surface area contributed by atoms with Gasteiger partial charge in [-0.1, -0.05) is 13.8 Å². The van der Waals surface area contributed by atoms with E-state index in [1.54, 1.807) is 0 Å². The van der Waals surface area contributed by atoms with Crippen molar-refractivity contribution in [3.63, 3.8) is 0 Å². The molecule has 0 saturated heterocycles. The number of rotatable bonds is 11. The average Bonchev–Trinajstić information content (AvgIpc) is 2.80. The van der Waals surface area contributed by atoms with Crippen LogP contribution in [0.1, 0.15) is 52.4 Å². The summed E-state index contributed by atoms with van der Waals surface area (Å²) in [7, 11) is -3.08. The molecule has 2 N–H and O–H groups in total. The van der Waals surface area contributed by atoms with Crippen LogP contribution in [0.15, 0.2) is 0 Å². The van der Waals surface area contributed by atoms with Crippen LogP contribution in [0.4, 0.5) is 0 Å². The smallest absolute Gasteiger partial charge is 0.211 e. The molecule has 4 nitrogen and oxygen atoms in total. The van der Waals surface area contributed by atoms with Crippen molar-refractivity contribution in [3.05, 3.63) is 0 Å². The van der Waals surface area contributed by atoms with Gasteiger partial charge in [0.1, 0.15) is 0 Å². The van der Waals surface area contributed by atoms with Crippen molar-refractivity contribution in [1.29, 1.82) is 0 Å². The van der Waals surface area contributed by atoms with Gasteiger partial charge in [-0.25, -0.2) is 13.1 Å². The number of unbranched alkanes of at least 4 members (excludes halogenated alkanes) is 1. The van der Waals surface area contributed by atoms with E-state index in [1.165, 1.54) is 0 Å². The molecule has 2 atom stereocenters. The lowest BCUT2D eigenvalue weighted by atomic mass is 10.3. The summed E-state index contributed by atoms with van der Waals surface area (Å²) in [6.07, 6.45) is 5.93. The lowest BCUT2D eigenvalue weighted by Gasteiger charge is -2.13. The molecule has 0 radical (unpaired) electrons. The van der Waals surface area contributed by atoms with Crippen molar-refractivity contribution in [1.82, 2.24) is 10.0 Å². The van der Waals surface area contributed by atoms with Gasteiger partial charge in [0.25, 0.3) is 0 Å². The topological polar surface area (TPSA) is 58.2 Å². The quantitative estimate of drug-likeness (QED) is 0.573. The molecule has 0 amide bonds.